The first-order valence-electron chi connectivity index (χ1n) is 8.32. The van der Waals surface area contributed by atoms with Gasteiger partial charge in [-0.3, -0.25) is 4.99 Å². The molecule has 1 atom stereocenters. The number of pyridine rings is 1. The van der Waals surface area contributed by atoms with Gasteiger partial charge in [0.2, 0.25) is 0 Å². The van der Waals surface area contributed by atoms with Crippen molar-refractivity contribution >= 4 is 39.6 Å². The van der Waals surface area contributed by atoms with Crippen molar-refractivity contribution in [3.05, 3.63) is 35.9 Å². The van der Waals surface area contributed by atoms with Crippen LogP contribution < -0.4 is 0 Å². The summed E-state index contributed by atoms with van der Waals surface area (Å²) < 4.78 is 5.42. The molecule has 0 saturated carbocycles. The summed E-state index contributed by atoms with van der Waals surface area (Å²) in [5.41, 5.74) is 2.39. The molecule has 1 aromatic carbocycles. The third-order valence-electron chi connectivity index (χ3n) is 4.30. The molecule has 2 aliphatic rings. The van der Waals surface area contributed by atoms with E-state index in [2.05, 4.69) is 42.2 Å². The Hall–Kier alpha value is -1.24. The molecule has 2 aromatic rings. The number of fused-ring (bicyclic) bond motifs is 1. The van der Waals surface area contributed by atoms with E-state index in [9.17, 15) is 0 Å². The lowest BCUT2D eigenvalue weighted by molar-refractivity contribution is 0.0693. The fourth-order valence-corrected chi connectivity index (χ4v) is 5.28. The highest BCUT2D eigenvalue weighted by Gasteiger charge is 2.25. The second-order valence-corrected chi connectivity index (χ2v) is 8.38. The molecule has 1 saturated heterocycles. The quantitative estimate of drug-likeness (QED) is 0.785. The van der Waals surface area contributed by atoms with Crippen molar-refractivity contribution in [1.82, 2.24) is 9.88 Å². The molecule has 1 fully saturated rings. The number of aliphatic imine (C=N–C) groups is 1. The first-order chi connectivity index (χ1) is 11.8. The number of aryl methyl sites for hydroxylation is 1. The van der Waals surface area contributed by atoms with Gasteiger partial charge in [-0.1, -0.05) is 30.0 Å². The normalized spacial score (nSPS) is 21.3. The van der Waals surface area contributed by atoms with Crippen molar-refractivity contribution in [1.29, 1.82) is 0 Å². The van der Waals surface area contributed by atoms with Gasteiger partial charge in [0, 0.05) is 29.5 Å². The van der Waals surface area contributed by atoms with Crippen LogP contribution in [0.1, 0.15) is 5.56 Å². The summed E-state index contributed by atoms with van der Waals surface area (Å²) in [6.07, 6.45) is 0. The van der Waals surface area contributed by atoms with Crippen molar-refractivity contribution in [2.45, 2.75) is 17.2 Å². The van der Waals surface area contributed by atoms with Gasteiger partial charge in [-0.05, 0) is 24.6 Å². The van der Waals surface area contributed by atoms with Crippen LogP contribution in [0.3, 0.4) is 0 Å². The van der Waals surface area contributed by atoms with Crippen molar-refractivity contribution in [3.8, 4) is 0 Å². The molecule has 0 amide bonds. The highest BCUT2D eigenvalue weighted by atomic mass is 32.2. The van der Waals surface area contributed by atoms with Gasteiger partial charge in [-0.2, -0.15) is 0 Å². The first-order valence-corrected chi connectivity index (χ1v) is 10.2. The summed E-state index contributed by atoms with van der Waals surface area (Å²) in [5.74, 6) is 1.05. The van der Waals surface area contributed by atoms with E-state index in [1.165, 1.54) is 16.1 Å². The summed E-state index contributed by atoms with van der Waals surface area (Å²) in [6, 6.07) is 10.6. The van der Waals surface area contributed by atoms with E-state index >= 15 is 0 Å². The molecule has 6 heteroatoms. The SMILES string of the molecule is Cc1cc(SCC2CN=C(N3CCOCC3)S2)nc2ccccc12. The molecule has 0 radical (unpaired) electrons. The van der Waals surface area contributed by atoms with Gasteiger partial charge in [0.05, 0.1) is 30.3 Å². The Morgan fingerprint density at radius 3 is 3.00 bits per heavy atom. The molecular formula is C18H21N3OS2. The lowest BCUT2D eigenvalue weighted by Crippen LogP contribution is -2.39. The smallest absolute Gasteiger partial charge is 0.159 e. The van der Waals surface area contributed by atoms with Crippen LogP contribution in [0.25, 0.3) is 10.9 Å². The van der Waals surface area contributed by atoms with Gasteiger partial charge >= 0.3 is 0 Å². The molecule has 0 bridgehead atoms. The highest BCUT2D eigenvalue weighted by molar-refractivity contribution is 8.15. The van der Waals surface area contributed by atoms with Gasteiger partial charge in [0.15, 0.2) is 5.17 Å². The van der Waals surface area contributed by atoms with Crippen LogP contribution in [0.15, 0.2) is 40.4 Å². The molecule has 4 rings (SSSR count). The third kappa shape index (κ3) is 3.55. The van der Waals surface area contributed by atoms with Gasteiger partial charge < -0.3 is 9.64 Å². The van der Waals surface area contributed by atoms with Crippen LogP contribution in [0.4, 0.5) is 0 Å². The number of aromatic nitrogens is 1. The maximum absolute atomic E-state index is 5.42. The molecule has 4 nitrogen and oxygen atoms in total. The number of morpholine rings is 1. The zero-order valence-electron chi connectivity index (χ0n) is 13.8. The average Bonchev–Trinajstić information content (AvgIpc) is 3.10. The highest BCUT2D eigenvalue weighted by Crippen LogP contribution is 2.30. The molecular weight excluding hydrogens is 338 g/mol. The molecule has 0 N–H and O–H groups in total. The van der Waals surface area contributed by atoms with E-state index < -0.39 is 0 Å². The van der Waals surface area contributed by atoms with Gasteiger partial charge in [-0.15, -0.1) is 11.8 Å². The Morgan fingerprint density at radius 2 is 2.12 bits per heavy atom. The lowest BCUT2D eigenvalue weighted by atomic mass is 10.1. The number of hydrogen-bond acceptors (Lipinski definition) is 6. The second-order valence-electron chi connectivity index (χ2n) is 6.07. The molecule has 3 heterocycles. The standard InChI is InChI=1S/C18H21N3OS2/c1-13-10-17(20-16-5-3-2-4-15(13)16)23-12-14-11-19-18(24-14)21-6-8-22-9-7-21/h2-5,10,14H,6-9,11-12H2,1H3. The first kappa shape index (κ1) is 16.2. The van der Waals surface area contributed by atoms with E-state index in [-0.39, 0.29) is 0 Å². The van der Waals surface area contributed by atoms with Crippen LogP contribution >= 0.6 is 23.5 Å². The number of rotatable bonds is 3. The van der Waals surface area contributed by atoms with E-state index in [0.29, 0.717) is 5.25 Å². The second kappa shape index (κ2) is 7.33. The fourth-order valence-electron chi connectivity index (χ4n) is 2.99. The van der Waals surface area contributed by atoms with E-state index in [0.717, 1.165) is 49.1 Å². The topological polar surface area (TPSA) is 37.7 Å². The lowest BCUT2D eigenvalue weighted by Gasteiger charge is -2.28. The molecule has 1 unspecified atom stereocenters. The maximum Gasteiger partial charge on any atom is 0.159 e. The van der Waals surface area contributed by atoms with Crippen molar-refractivity contribution in [2.24, 2.45) is 4.99 Å². The Bertz CT molecular complexity index is 759. The molecule has 0 aliphatic carbocycles. The molecule has 1 aromatic heterocycles. The minimum absolute atomic E-state index is 0.543. The van der Waals surface area contributed by atoms with Gasteiger partial charge in [0.25, 0.3) is 0 Å². The predicted molar refractivity (Wildman–Crippen MR) is 103 cm³/mol. The van der Waals surface area contributed by atoms with Crippen molar-refractivity contribution in [3.63, 3.8) is 0 Å². The number of benzene rings is 1. The van der Waals surface area contributed by atoms with E-state index in [1.54, 1.807) is 0 Å². The maximum atomic E-state index is 5.42. The number of amidine groups is 1. The average molecular weight is 360 g/mol. The fraction of sp³-hybridized carbons (Fsp3) is 0.444. The summed E-state index contributed by atoms with van der Waals surface area (Å²) in [5, 5.41) is 4.11. The summed E-state index contributed by atoms with van der Waals surface area (Å²) in [4.78, 5) is 11.9. The zero-order valence-corrected chi connectivity index (χ0v) is 15.4. The minimum atomic E-state index is 0.543. The van der Waals surface area contributed by atoms with Crippen LogP contribution in [0, 0.1) is 6.92 Å². The summed E-state index contributed by atoms with van der Waals surface area (Å²) >= 11 is 3.76. The zero-order chi connectivity index (χ0) is 16.4. The molecule has 126 valence electrons. The van der Waals surface area contributed by atoms with Crippen LogP contribution in [-0.2, 0) is 4.74 Å². The van der Waals surface area contributed by atoms with Crippen LogP contribution in [0.2, 0.25) is 0 Å². The number of thioether (sulfide) groups is 2. The number of hydrogen-bond donors (Lipinski definition) is 0. The van der Waals surface area contributed by atoms with E-state index in [1.807, 2.05) is 23.5 Å². The van der Waals surface area contributed by atoms with Crippen molar-refractivity contribution < 1.29 is 4.74 Å². The molecule has 0 spiro atoms. The molecule has 2 aliphatic heterocycles. The summed E-state index contributed by atoms with van der Waals surface area (Å²) in [7, 11) is 0. The Labute approximate surface area is 151 Å². The number of para-hydroxylation sites is 1. The summed E-state index contributed by atoms with van der Waals surface area (Å²) in [6.45, 7) is 6.65. The minimum Gasteiger partial charge on any atom is -0.378 e. The predicted octanol–water partition coefficient (Wildman–Crippen LogP) is 3.44. The molecule has 24 heavy (non-hydrogen) atoms. The number of ether oxygens (including phenoxy) is 1. The van der Waals surface area contributed by atoms with Crippen LogP contribution in [-0.4, -0.2) is 58.9 Å². The largest absolute Gasteiger partial charge is 0.378 e. The van der Waals surface area contributed by atoms with Crippen molar-refractivity contribution in [2.75, 3.05) is 38.6 Å². The Morgan fingerprint density at radius 1 is 1.29 bits per heavy atom. The number of nitrogens with zero attached hydrogens (tertiary/aromatic N) is 3. The monoisotopic (exact) mass is 359 g/mol. The van der Waals surface area contributed by atoms with Gasteiger partial charge in [0.1, 0.15) is 0 Å². The van der Waals surface area contributed by atoms with E-state index in [4.69, 9.17) is 14.7 Å². The Balaban J connectivity index is 1.36. The Kier molecular flexibility index (Phi) is 4.96. The van der Waals surface area contributed by atoms with Crippen LogP contribution in [0.5, 0.6) is 0 Å². The van der Waals surface area contributed by atoms with Gasteiger partial charge in [-0.25, -0.2) is 4.98 Å². The third-order valence-corrected chi connectivity index (χ3v) is 6.83.